The number of ether oxygens (including phenoxy) is 2. The summed E-state index contributed by atoms with van der Waals surface area (Å²) >= 11 is 0. The van der Waals surface area contributed by atoms with Gasteiger partial charge < -0.3 is 14.4 Å². The summed E-state index contributed by atoms with van der Waals surface area (Å²) in [6, 6.07) is 18.2. The van der Waals surface area contributed by atoms with Crippen molar-refractivity contribution < 1.29 is 14.3 Å². The molecule has 0 aliphatic heterocycles. The standard InChI is InChI=1S/C22H22N2O3/c1-16(18-5-4-14-23-15-18)24(2)22(25)17-6-8-20(9-7-17)27-21-12-10-19(26-3)11-13-21/h4-16H,1-3H3. The summed E-state index contributed by atoms with van der Waals surface area (Å²) in [6.07, 6.45) is 3.50. The van der Waals surface area contributed by atoms with Gasteiger partial charge in [-0.15, -0.1) is 0 Å². The van der Waals surface area contributed by atoms with E-state index in [0.717, 1.165) is 11.3 Å². The fourth-order valence-electron chi connectivity index (χ4n) is 2.67. The summed E-state index contributed by atoms with van der Waals surface area (Å²) in [6.45, 7) is 1.98. The first-order chi connectivity index (χ1) is 13.1. The predicted molar refractivity (Wildman–Crippen MR) is 104 cm³/mol. The molecule has 3 rings (SSSR count). The molecule has 0 saturated carbocycles. The lowest BCUT2D eigenvalue weighted by atomic mass is 10.1. The molecule has 1 aromatic heterocycles. The number of methoxy groups -OCH3 is 1. The molecule has 0 aliphatic carbocycles. The van der Waals surface area contributed by atoms with E-state index in [1.165, 1.54) is 0 Å². The molecule has 0 N–H and O–H groups in total. The molecule has 1 atom stereocenters. The molecule has 0 spiro atoms. The Labute approximate surface area is 159 Å². The second-order valence-corrected chi connectivity index (χ2v) is 6.18. The van der Waals surface area contributed by atoms with Crippen LogP contribution in [0.1, 0.15) is 28.9 Å². The number of hydrogen-bond acceptors (Lipinski definition) is 4. The average Bonchev–Trinajstić information content (AvgIpc) is 2.74. The number of aromatic nitrogens is 1. The molecule has 0 aliphatic rings. The van der Waals surface area contributed by atoms with Crippen molar-refractivity contribution in [2.75, 3.05) is 14.2 Å². The summed E-state index contributed by atoms with van der Waals surface area (Å²) in [4.78, 5) is 18.6. The lowest BCUT2D eigenvalue weighted by Gasteiger charge is -2.25. The molecule has 1 amide bonds. The largest absolute Gasteiger partial charge is 0.497 e. The van der Waals surface area contributed by atoms with Crippen molar-refractivity contribution >= 4 is 5.91 Å². The minimum Gasteiger partial charge on any atom is -0.497 e. The van der Waals surface area contributed by atoms with Crippen LogP contribution in [-0.4, -0.2) is 29.9 Å². The molecule has 138 valence electrons. The Morgan fingerprint density at radius 3 is 2.11 bits per heavy atom. The van der Waals surface area contributed by atoms with Gasteiger partial charge in [-0.3, -0.25) is 9.78 Å². The van der Waals surface area contributed by atoms with Crippen LogP contribution < -0.4 is 9.47 Å². The molecule has 1 heterocycles. The zero-order chi connectivity index (χ0) is 19.2. The van der Waals surface area contributed by atoms with E-state index in [-0.39, 0.29) is 11.9 Å². The highest BCUT2D eigenvalue weighted by molar-refractivity contribution is 5.94. The van der Waals surface area contributed by atoms with E-state index in [0.29, 0.717) is 17.1 Å². The number of benzene rings is 2. The Morgan fingerprint density at radius 1 is 0.963 bits per heavy atom. The zero-order valence-corrected chi connectivity index (χ0v) is 15.6. The van der Waals surface area contributed by atoms with Gasteiger partial charge in [0.05, 0.1) is 13.2 Å². The van der Waals surface area contributed by atoms with Crippen molar-refractivity contribution in [1.29, 1.82) is 0 Å². The summed E-state index contributed by atoms with van der Waals surface area (Å²) in [7, 11) is 3.42. The monoisotopic (exact) mass is 362 g/mol. The number of rotatable bonds is 6. The highest BCUT2D eigenvalue weighted by Gasteiger charge is 2.19. The van der Waals surface area contributed by atoms with Crippen LogP contribution in [0.5, 0.6) is 17.2 Å². The van der Waals surface area contributed by atoms with Crippen molar-refractivity contribution in [1.82, 2.24) is 9.88 Å². The molecule has 5 nitrogen and oxygen atoms in total. The fourth-order valence-corrected chi connectivity index (χ4v) is 2.67. The number of amides is 1. The van der Waals surface area contributed by atoms with E-state index in [1.54, 1.807) is 55.7 Å². The fraction of sp³-hybridized carbons (Fsp3) is 0.182. The summed E-state index contributed by atoms with van der Waals surface area (Å²) < 4.78 is 10.9. The van der Waals surface area contributed by atoms with Gasteiger partial charge in [0.25, 0.3) is 5.91 Å². The number of carbonyl (C=O) groups is 1. The third kappa shape index (κ3) is 4.44. The maximum atomic E-state index is 12.8. The molecule has 5 heteroatoms. The van der Waals surface area contributed by atoms with Crippen LogP contribution in [-0.2, 0) is 0 Å². The van der Waals surface area contributed by atoms with Gasteiger partial charge in [-0.2, -0.15) is 0 Å². The number of hydrogen-bond donors (Lipinski definition) is 0. The smallest absolute Gasteiger partial charge is 0.254 e. The van der Waals surface area contributed by atoms with Crippen molar-refractivity contribution in [2.24, 2.45) is 0 Å². The number of pyridine rings is 1. The Hall–Kier alpha value is -3.34. The highest BCUT2D eigenvalue weighted by Crippen LogP contribution is 2.25. The van der Waals surface area contributed by atoms with E-state index < -0.39 is 0 Å². The van der Waals surface area contributed by atoms with Gasteiger partial charge in [-0.25, -0.2) is 0 Å². The van der Waals surface area contributed by atoms with Crippen molar-refractivity contribution in [2.45, 2.75) is 13.0 Å². The van der Waals surface area contributed by atoms with Crippen molar-refractivity contribution in [3.05, 3.63) is 84.2 Å². The van der Waals surface area contributed by atoms with Gasteiger partial charge in [-0.1, -0.05) is 6.07 Å². The van der Waals surface area contributed by atoms with Gasteiger partial charge in [0.1, 0.15) is 17.2 Å². The normalized spacial score (nSPS) is 11.5. The molecule has 27 heavy (non-hydrogen) atoms. The Morgan fingerprint density at radius 2 is 1.56 bits per heavy atom. The maximum absolute atomic E-state index is 12.8. The van der Waals surface area contributed by atoms with Crippen LogP contribution in [0.15, 0.2) is 73.1 Å². The molecule has 0 bridgehead atoms. The zero-order valence-electron chi connectivity index (χ0n) is 15.6. The third-order valence-electron chi connectivity index (χ3n) is 4.46. The number of nitrogens with zero attached hydrogens (tertiary/aromatic N) is 2. The Kier molecular flexibility index (Phi) is 5.71. The second-order valence-electron chi connectivity index (χ2n) is 6.18. The van der Waals surface area contributed by atoms with E-state index >= 15 is 0 Å². The van der Waals surface area contributed by atoms with Gasteiger partial charge >= 0.3 is 0 Å². The van der Waals surface area contributed by atoms with Crippen LogP contribution >= 0.6 is 0 Å². The first-order valence-electron chi connectivity index (χ1n) is 8.67. The van der Waals surface area contributed by atoms with Crippen LogP contribution in [0.2, 0.25) is 0 Å². The quantitative estimate of drug-likeness (QED) is 0.637. The third-order valence-corrected chi connectivity index (χ3v) is 4.46. The van der Waals surface area contributed by atoms with Gasteiger partial charge in [-0.05, 0) is 67.1 Å². The van der Waals surface area contributed by atoms with Crippen LogP contribution in [0.25, 0.3) is 0 Å². The Balaban J connectivity index is 1.67. The summed E-state index contributed by atoms with van der Waals surface area (Å²) in [5.74, 6) is 2.09. The molecule has 0 fully saturated rings. The molecular weight excluding hydrogens is 340 g/mol. The molecule has 3 aromatic rings. The van der Waals surface area contributed by atoms with Gasteiger partial charge in [0.15, 0.2) is 0 Å². The topological polar surface area (TPSA) is 51.7 Å². The van der Waals surface area contributed by atoms with Gasteiger partial charge in [0.2, 0.25) is 0 Å². The van der Waals surface area contributed by atoms with Crippen molar-refractivity contribution in [3.63, 3.8) is 0 Å². The average molecular weight is 362 g/mol. The van der Waals surface area contributed by atoms with Crippen molar-refractivity contribution in [3.8, 4) is 17.2 Å². The molecule has 0 saturated heterocycles. The molecule has 0 radical (unpaired) electrons. The number of carbonyl (C=O) groups excluding carboxylic acids is 1. The van der Waals surface area contributed by atoms with E-state index in [2.05, 4.69) is 4.98 Å². The molecule has 2 aromatic carbocycles. The predicted octanol–water partition coefficient (Wildman–Crippen LogP) is 4.72. The van der Waals surface area contributed by atoms with Crippen LogP contribution in [0.3, 0.4) is 0 Å². The lowest BCUT2D eigenvalue weighted by Crippen LogP contribution is -2.29. The molecule has 1 unspecified atom stereocenters. The maximum Gasteiger partial charge on any atom is 0.254 e. The summed E-state index contributed by atoms with van der Waals surface area (Å²) in [5.41, 5.74) is 1.60. The SMILES string of the molecule is COc1ccc(Oc2ccc(C(=O)N(C)C(C)c3cccnc3)cc2)cc1. The van der Waals surface area contributed by atoms with Crippen LogP contribution in [0.4, 0.5) is 0 Å². The van der Waals surface area contributed by atoms with Gasteiger partial charge in [0, 0.05) is 25.0 Å². The molecular formula is C22H22N2O3. The highest BCUT2D eigenvalue weighted by atomic mass is 16.5. The minimum absolute atomic E-state index is 0.0534. The summed E-state index contributed by atoms with van der Waals surface area (Å²) in [5, 5.41) is 0. The second kappa shape index (κ2) is 8.36. The first-order valence-corrected chi connectivity index (χ1v) is 8.67. The Bertz CT molecular complexity index is 878. The first kappa shape index (κ1) is 18.5. The van der Waals surface area contributed by atoms with E-state index in [1.807, 2.05) is 43.3 Å². The van der Waals surface area contributed by atoms with E-state index in [4.69, 9.17) is 9.47 Å². The minimum atomic E-state index is -0.0681. The van der Waals surface area contributed by atoms with E-state index in [9.17, 15) is 4.79 Å². The van der Waals surface area contributed by atoms with Crippen LogP contribution in [0, 0.1) is 0 Å². The lowest BCUT2D eigenvalue weighted by molar-refractivity contribution is 0.0742.